The number of fused-ring (bicyclic) bond motifs is 1. The van der Waals surface area contributed by atoms with Gasteiger partial charge in [0, 0.05) is 18.2 Å². The third-order valence-electron chi connectivity index (χ3n) is 5.04. The van der Waals surface area contributed by atoms with Crippen molar-refractivity contribution in [3.63, 3.8) is 0 Å². The summed E-state index contributed by atoms with van der Waals surface area (Å²) in [7, 11) is 3.12. The van der Waals surface area contributed by atoms with Crippen LogP contribution < -0.4 is 20.7 Å². The number of aromatic amines is 1. The number of hydrogen-bond donors (Lipinski definition) is 1. The van der Waals surface area contributed by atoms with Crippen LogP contribution in [0, 0.1) is 0 Å². The van der Waals surface area contributed by atoms with E-state index in [0.29, 0.717) is 45.9 Å². The SMILES string of the molecule is CCCCn1c(=O)[nH]c2cc(-c3nc(-c4ccc(OC)cc4OC)no3)ccc2c1=O. The highest BCUT2D eigenvalue weighted by molar-refractivity contribution is 5.82. The Morgan fingerprint density at radius 1 is 1.10 bits per heavy atom. The highest BCUT2D eigenvalue weighted by Gasteiger charge is 2.16. The van der Waals surface area contributed by atoms with Gasteiger partial charge in [0.2, 0.25) is 5.82 Å². The van der Waals surface area contributed by atoms with Gasteiger partial charge in [0.25, 0.3) is 11.4 Å². The zero-order valence-corrected chi connectivity index (χ0v) is 17.5. The van der Waals surface area contributed by atoms with Crippen molar-refractivity contribution in [3.8, 4) is 34.3 Å². The van der Waals surface area contributed by atoms with Crippen LogP contribution in [0.1, 0.15) is 19.8 Å². The number of rotatable bonds is 7. The molecule has 4 aromatic rings. The van der Waals surface area contributed by atoms with Crippen molar-refractivity contribution in [3.05, 3.63) is 57.2 Å². The molecule has 0 aliphatic carbocycles. The number of ether oxygens (including phenoxy) is 2. The Morgan fingerprint density at radius 3 is 2.68 bits per heavy atom. The van der Waals surface area contributed by atoms with Gasteiger partial charge in [-0.1, -0.05) is 18.5 Å². The third-order valence-corrected chi connectivity index (χ3v) is 5.04. The van der Waals surface area contributed by atoms with Gasteiger partial charge in [-0.2, -0.15) is 4.98 Å². The predicted octanol–water partition coefficient (Wildman–Crippen LogP) is 3.22. The first-order valence-corrected chi connectivity index (χ1v) is 9.89. The number of nitrogens with zero attached hydrogens (tertiary/aromatic N) is 3. The molecule has 0 spiro atoms. The Bertz CT molecular complexity index is 1350. The highest BCUT2D eigenvalue weighted by Crippen LogP contribution is 2.33. The van der Waals surface area contributed by atoms with E-state index >= 15 is 0 Å². The van der Waals surface area contributed by atoms with Crippen LogP contribution >= 0.6 is 0 Å². The number of benzene rings is 2. The topological polar surface area (TPSA) is 112 Å². The van der Waals surface area contributed by atoms with Crippen molar-refractivity contribution in [2.75, 3.05) is 14.2 Å². The highest BCUT2D eigenvalue weighted by atomic mass is 16.5. The third kappa shape index (κ3) is 3.81. The lowest BCUT2D eigenvalue weighted by Crippen LogP contribution is -2.35. The molecule has 160 valence electrons. The summed E-state index contributed by atoms with van der Waals surface area (Å²) in [6, 6.07) is 10.3. The normalized spacial score (nSPS) is 11.1. The van der Waals surface area contributed by atoms with Crippen LogP contribution in [0.4, 0.5) is 0 Å². The fraction of sp³-hybridized carbons (Fsp3) is 0.273. The fourth-order valence-electron chi connectivity index (χ4n) is 3.34. The van der Waals surface area contributed by atoms with Gasteiger partial charge < -0.3 is 19.0 Å². The zero-order chi connectivity index (χ0) is 22.0. The number of nitrogens with one attached hydrogen (secondary N) is 1. The first-order valence-electron chi connectivity index (χ1n) is 9.89. The predicted molar refractivity (Wildman–Crippen MR) is 116 cm³/mol. The van der Waals surface area contributed by atoms with Crippen molar-refractivity contribution < 1.29 is 14.0 Å². The van der Waals surface area contributed by atoms with Gasteiger partial charge >= 0.3 is 5.69 Å². The lowest BCUT2D eigenvalue weighted by molar-refractivity contribution is 0.394. The Balaban J connectivity index is 1.73. The van der Waals surface area contributed by atoms with Crippen LogP contribution in [0.2, 0.25) is 0 Å². The molecule has 31 heavy (non-hydrogen) atoms. The first-order chi connectivity index (χ1) is 15.0. The van der Waals surface area contributed by atoms with Crippen LogP contribution in [0.15, 0.2) is 50.5 Å². The van der Waals surface area contributed by atoms with E-state index in [0.717, 1.165) is 12.8 Å². The molecule has 0 aliphatic rings. The Hall–Kier alpha value is -3.88. The van der Waals surface area contributed by atoms with Gasteiger partial charge in [-0.05, 0) is 36.8 Å². The molecule has 0 saturated heterocycles. The van der Waals surface area contributed by atoms with E-state index in [1.807, 2.05) is 6.92 Å². The van der Waals surface area contributed by atoms with Crippen molar-refractivity contribution in [1.82, 2.24) is 19.7 Å². The molecular weight excluding hydrogens is 400 g/mol. The standard InChI is InChI=1S/C22H22N4O5/c1-4-5-10-26-21(27)15-8-6-13(11-17(15)23-22(26)28)20-24-19(25-31-20)16-9-7-14(29-2)12-18(16)30-3/h6-9,11-12H,4-5,10H2,1-3H3,(H,23,28). The van der Waals surface area contributed by atoms with Gasteiger partial charge in [0.05, 0.1) is 30.7 Å². The molecular formula is C22H22N4O5. The smallest absolute Gasteiger partial charge is 0.328 e. The zero-order valence-electron chi connectivity index (χ0n) is 17.5. The minimum absolute atomic E-state index is 0.255. The average molecular weight is 422 g/mol. The number of H-pyrrole nitrogens is 1. The molecule has 0 unspecified atom stereocenters. The van der Waals surface area contributed by atoms with Gasteiger partial charge in [0.1, 0.15) is 11.5 Å². The Morgan fingerprint density at radius 2 is 1.94 bits per heavy atom. The van der Waals surface area contributed by atoms with E-state index < -0.39 is 5.69 Å². The molecule has 0 saturated carbocycles. The molecule has 0 bridgehead atoms. The number of hydrogen-bond acceptors (Lipinski definition) is 7. The second-order valence-corrected chi connectivity index (χ2v) is 6.99. The van der Waals surface area contributed by atoms with Crippen molar-refractivity contribution in [2.24, 2.45) is 0 Å². The van der Waals surface area contributed by atoms with Crippen LogP contribution in [0.25, 0.3) is 33.7 Å². The molecule has 0 fully saturated rings. The van der Waals surface area contributed by atoms with E-state index in [1.54, 1.807) is 50.6 Å². The summed E-state index contributed by atoms with van der Waals surface area (Å²) in [4.78, 5) is 32.3. The maximum Gasteiger partial charge on any atom is 0.328 e. The average Bonchev–Trinajstić information content (AvgIpc) is 3.28. The Kier molecular flexibility index (Phi) is 5.57. The van der Waals surface area contributed by atoms with Gasteiger partial charge in [-0.25, -0.2) is 4.79 Å². The van der Waals surface area contributed by atoms with E-state index in [1.165, 1.54) is 4.57 Å². The lowest BCUT2D eigenvalue weighted by Gasteiger charge is -2.07. The molecule has 2 aromatic heterocycles. The quantitative estimate of drug-likeness (QED) is 0.486. The van der Waals surface area contributed by atoms with E-state index in [4.69, 9.17) is 14.0 Å². The molecule has 2 aromatic carbocycles. The largest absolute Gasteiger partial charge is 0.497 e. The minimum atomic E-state index is -0.433. The summed E-state index contributed by atoms with van der Waals surface area (Å²) < 4.78 is 17.3. The molecule has 0 atom stereocenters. The van der Waals surface area contributed by atoms with Crippen LogP contribution in [0.3, 0.4) is 0 Å². The van der Waals surface area contributed by atoms with E-state index in [-0.39, 0.29) is 11.4 Å². The van der Waals surface area contributed by atoms with Crippen molar-refractivity contribution in [2.45, 2.75) is 26.3 Å². The molecule has 0 amide bonds. The molecule has 0 radical (unpaired) electrons. The monoisotopic (exact) mass is 422 g/mol. The summed E-state index contributed by atoms with van der Waals surface area (Å²) in [6.07, 6.45) is 1.65. The molecule has 0 aliphatic heterocycles. The summed E-state index contributed by atoms with van der Waals surface area (Å²) in [5.41, 5.74) is 0.902. The fourth-order valence-corrected chi connectivity index (χ4v) is 3.34. The second kappa shape index (κ2) is 8.47. The van der Waals surface area contributed by atoms with E-state index in [2.05, 4.69) is 15.1 Å². The van der Waals surface area contributed by atoms with Gasteiger partial charge in [0.15, 0.2) is 0 Å². The van der Waals surface area contributed by atoms with E-state index in [9.17, 15) is 9.59 Å². The number of methoxy groups -OCH3 is 2. The number of unbranched alkanes of at least 4 members (excludes halogenated alkanes) is 1. The van der Waals surface area contributed by atoms with Crippen LogP contribution in [-0.4, -0.2) is 33.9 Å². The maximum absolute atomic E-state index is 12.7. The summed E-state index contributed by atoms with van der Waals surface area (Å²) >= 11 is 0. The maximum atomic E-state index is 12.7. The van der Waals surface area contributed by atoms with Crippen LogP contribution in [0.5, 0.6) is 11.5 Å². The molecule has 2 heterocycles. The molecule has 9 heteroatoms. The number of aromatic nitrogens is 4. The lowest BCUT2D eigenvalue weighted by atomic mass is 10.1. The van der Waals surface area contributed by atoms with Crippen LogP contribution in [-0.2, 0) is 6.54 Å². The van der Waals surface area contributed by atoms with Gasteiger partial charge in [-0.3, -0.25) is 9.36 Å². The molecule has 4 rings (SSSR count). The summed E-state index contributed by atoms with van der Waals surface area (Å²) in [5.74, 6) is 1.79. The summed E-state index contributed by atoms with van der Waals surface area (Å²) in [6.45, 7) is 2.39. The Labute approximate surface area is 177 Å². The van der Waals surface area contributed by atoms with Crippen molar-refractivity contribution >= 4 is 10.9 Å². The molecule has 1 N–H and O–H groups in total. The summed E-state index contributed by atoms with van der Waals surface area (Å²) in [5, 5.41) is 4.47. The first kappa shape index (κ1) is 20.4. The minimum Gasteiger partial charge on any atom is -0.497 e. The van der Waals surface area contributed by atoms with Gasteiger partial charge in [-0.15, -0.1) is 0 Å². The van der Waals surface area contributed by atoms with Crippen molar-refractivity contribution in [1.29, 1.82) is 0 Å². The molecule has 9 nitrogen and oxygen atoms in total. The second-order valence-electron chi connectivity index (χ2n) is 6.99.